The Morgan fingerprint density at radius 3 is 2.24 bits per heavy atom. The molecule has 2 atom stereocenters. The van der Waals surface area contributed by atoms with E-state index in [0.717, 1.165) is 12.1 Å². The third-order valence-electron chi connectivity index (χ3n) is 6.00. The molecule has 8 heteroatoms. The summed E-state index contributed by atoms with van der Waals surface area (Å²) in [4.78, 5) is 0. The second-order valence-corrected chi connectivity index (χ2v) is 7.33. The molecule has 0 aromatic heterocycles. The number of rotatable bonds is 1. The lowest BCUT2D eigenvalue weighted by molar-refractivity contribution is -0.171. The van der Waals surface area contributed by atoms with Crippen molar-refractivity contribution in [3.8, 4) is 18.2 Å². The van der Waals surface area contributed by atoms with Gasteiger partial charge in [0.25, 0.3) is 0 Å². The van der Waals surface area contributed by atoms with Gasteiger partial charge in [0.05, 0.1) is 36.6 Å². The standard InChI is InChI=1S/C21H16F2N4O2/c22-15-2-1-3-16(23)17(15)18-13-8-21(28-6-7-29-21)5-4-12(13)14(9-24)19(27)20(18,10-25)11-26/h1-4,13,18H,5-8,27H2/t13-,18+/m0/s1. The Labute approximate surface area is 166 Å². The van der Waals surface area contributed by atoms with E-state index >= 15 is 0 Å². The van der Waals surface area contributed by atoms with Crippen LogP contribution in [0.1, 0.15) is 24.3 Å². The summed E-state index contributed by atoms with van der Waals surface area (Å²) < 4.78 is 41.2. The second-order valence-electron chi connectivity index (χ2n) is 7.33. The van der Waals surface area contributed by atoms with E-state index in [-0.39, 0.29) is 17.7 Å². The van der Waals surface area contributed by atoms with Crippen LogP contribution in [0, 0.1) is 57.0 Å². The van der Waals surface area contributed by atoms with Gasteiger partial charge in [0.15, 0.2) is 11.2 Å². The molecule has 1 aliphatic heterocycles. The quantitative estimate of drug-likeness (QED) is 0.783. The van der Waals surface area contributed by atoms with Gasteiger partial charge >= 0.3 is 0 Å². The number of nitrogens with zero attached hydrogens (tertiary/aromatic N) is 3. The molecule has 3 aliphatic rings. The molecule has 0 radical (unpaired) electrons. The first-order valence-corrected chi connectivity index (χ1v) is 9.08. The average molecular weight is 394 g/mol. The minimum atomic E-state index is -2.12. The molecule has 0 amide bonds. The predicted octanol–water partition coefficient (Wildman–Crippen LogP) is 2.91. The SMILES string of the molecule is N#CC1=C(N)C(C#N)(C#N)[C@@H](c2c(F)cccc2F)[C@H]2CC3(CC=C12)OCCO3. The number of hydrogen-bond donors (Lipinski definition) is 1. The third kappa shape index (κ3) is 2.56. The number of allylic oxidation sites excluding steroid dienone is 3. The van der Waals surface area contributed by atoms with E-state index in [9.17, 15) is 24.6 Å². The number of ether oxygens (including phenoxy) is 2. The van der Waals surface area contributed by atoms with Gasteiger partial charge in [0.2, 0.25) is 0 Å². The molecule has 2 aliphatic carbocycles. The summed E-state index contributed by atoms with van der Waals surface area (Å²) in [5.74, 6) is -4.82. The number of nitriles is 3. The summed E-state index contributed by atoms with van der Waals surface area (Å²) in [5.41, 5.74) is 3.79. The molecule has 0 bridgehead atoms. The van der Waals surface area contributed by atoms with Crippen molar-refractivity contribution < 1.29 is 18.3 Å². The minimum absolute atomic E-state index is 0.000977. The summed E-state index contributed by atoms with van der Waals surface area (Å²) in [5, 5.41) is 29.6. The number of nitrogens with two attached hydrogens (primary N) is 1. The highest BCUT2D eigenvalue weighted by Gasteiger charge is 2.58. The van der Waals surface area contributed by atoms with Gasteiger partial charge in [-0.3, -0.25) is 0 Å². The number of halogens is 2. The van der Waals surface area contributed by atoms with Crippen LogP contribution in [0.2, 0.25) is 0 Å². The molecule has 6 nitrogen and oxygen atoms in total. The summed E-state index contributed by atoms with van der Waals surface area (Å²) >= 11 is 0. The number of hydrogen-bond acceptors (Lipinski definition) is 6. The highest BCUT2D eigenvalue weighted by molar-refractivity contribution is 5.59. The van der Waals surface area contributed by atoms with Crippen LogP contribution < -0.4 is 5.73 Å². The lowest BCUT2D eigenvalue weighted by atomic mass is 9.56. The summed E-state index contributed by atoms with van der Waals surface area (Å²) in [6, 6.07) is 9.04. The Kier molecular flexibility index (Phi) is 4.39. The maximum Gasteiger partial charge on any atom is 0.191 e. The normalized spacial score (nSPS) is 26.8. The Balaban J connectivity index is 2.03. The van der Waals surface area contributed by atoms with E-state index < -0.39 is 40.2 Å². The van der Waals surface area contributed by atoms with E-state index in [1.807, 2.05) is 18.2 Å². The molecule has 4 rings (SSSR count). The fraction of sp³-hybridized carbons (Fsp3) is 0.381. The summed E-state index contributed by atoms with van der Waals surface area (Å²) in [6.45, 7) is 0.721. The minimum Gasteiger partial charge on any atom is -0.399 e. The van der Waals surface area contributed by atoms with Crippen LogP contribution in [-0.4, -0.2) is 19.0 Å². The molecular formula is C21H16F2N4O2. The Hall–Kier alpha value is -3.25. The van der Waals surface area contributed by atoms with Crippen molar-refractivity contribution in [3.63, 3.8) is 0 Å². The highest BCUT2D eigenvalue weighted by Crippen LogP contribution is 2.58. The molecule has 146 valence electrons. The van der Waals surface area contributed by atoms with Gasteiger partial charge in [-0.25, -0.2) is 8.78 Å². The van der Waals surface area contributed by atoms with Crippen molar-refractivity contribution in [3.05, 3.63) is 58.3 Å². The molecule has 0 saturated carbocycles. The van der Waals surface area contributed by atoms with E-state index in [2.05, 4.69) is 0 Å². The van der Waals surface area contributed by atoms with Crippen LogP contribution in [0.3, 0.4) is 0 Å². The number of benzene rings is 1. The van der Waals surface area contributed by atoms with Crippen molar-refractivity contribution in [2.24, 2.45) is 17.1 Å². The van der Waals surface area contributed by atoms with Gasteiger partial charge in [-0.05, 0) is 17.7 Å². The van der Waals surface area contributed by atoms with Crippen LogP contribution in [0.15, 0.2) is 41.1 Å². The van der Waals surface area contributed by atoms with Gasteiger partial charge in [-0.15, -0.1) is 0 Å². The molecule has 1 heterocycles. The summed E-state index contributed by atoms with van der Waals surface area (Å²) in [7, 11) is 0. The van der Waals surface area contributed by atoms with Gasteiger partial charge in [-0.1, -0.05) is 12.1 Å². The molecule has 1 aromatic carbocycles. The lowest BCUT2D eigenvalue weighted by Gasteiger charge is -2.46. The van der Waals surface area contributed by atoms with Gasteiger partial charge in [-0.2, -0.15) is 15.8 Å². The maximum absolute atomic E-state index is 14.8. The second kappa shape index (κ2) is 6.67. The van der Waals surface area contributed by atoms with E-state index in [1.165, 1.54) is 6.07 Å². The number of fused-ring (bicyclic) bond motifs is 1. The molecule has 1 aromatic rings. The van der Waals surface area contributed by atoms with Crippen LogP contribution in [0.5, 0.6) is 0 Å². The molecule has 2 N–H and O–H groups in total. The Bertz CT molecular complexity index is 1030. The fourth-order valence-electron chi connectivity index (χ4n) is 4.72. The summed E-state index contributed by atoms with van der Waals surface area (Å²) in [6.07, 6.45) is 2.17. The molecule has 1 spiro atoms. The monoisotopic (exact) mass is 394 g/mol. The Morgan fingerprint density at radius 2 is 1.69 bits per heavy atom. The van der Waals surface area contributed by atoms with Gasteiger partial charge in [0, 0.05) is 30.2 Å². The first-order chi connectivity index (χ1) is 13.9. The first kappa shape index (κ1) is 19.1. The topological polar surface area (TPSA) is 116 Å². The smallest absolute Gasteiger partial charge is 0.191 e. The zero-order valence-electron chi connectivity index (χ0n) is 15.3. The Morgan fingerprint density at radius 1 is 1.07 bits per heavy atom. The molecular weight excluding hydrogens is 378 g/mol. The van der Waals surface area contributed by atoms with E-state index in [1.54, 1.807) is 6.08 Å². The predicted molar refractivity (Wildman–Crippen MR) is 95.0 cm³/mol. The van der Waals surface area contributed by atoms with Crippen molar-refractivity contribution >= 4 is 0 Å². The fourth-order valence-corrected chi connectivity index (χ4v) is 4.72. The van der Waals surface area contributed by atoms with Crippen LogP contribution >= 0.6 is 0 Å². The van der Waals surface area contributed by atoms with Crippen molar-refractivity contribution in [1.82, 2.24) is 0 Å². The van der Waals surface area contributed by atoms with Crippen LogP contribution in [0.4, 0.5) is 8.78 Å². The van der Waals surface area contributed by atoms with Crippen LogP contribution in [0.25, 0.3) is 0 Å². The lowest BCUT2D eigenvalue weighted by Crippen LogP contribution is -2.47. The van der Waals surface area contributed by atoms with Crippen molar-refractivity contribution in [2.45, 2.75) is 24.5 Å². The van der Waals surface area contributed by atoms with Crippen molar-refractivity contribution in [1.29, 1.82) is 15.8 Å². The van der Waals surface area contributed by atoms with E-state index in [4.69, 9.17) is 15.2 Å². The van der Waals surface area contributed by atoms with Crippen LogP contribution in [-0.2, 0) is 9.47 Å². The van der Waals surface area contributed by atoms with E-state index in [0.29, 0.717) is 25.2 Å². The highest BCUT2D eigenvalue weighted by atomic mass is 19.1. The maximum atomic E-state index is 14.8. The molecule has 1 saturated heterocycles. The van der Waals surface area contributed by atoms with Crippen molar-refractivity contribution in [2.75, 3.05) is 13.2 Å². The largest absolute Gasteiger partial charge is 0.399 e. The molecule has 1 fully saturated rings. The molecule has 29 heavy (non-hydrogen) atoms. The zero-order chi connectivity index (χ0) is 20.8. The first-order valence-electron chi connectivity index (χ1n) is 9.08. The van der Waals surface area contributed by atoms with Gasteiger partial charge in [0.1, 0.15) is 17.7 Å². The third-order valence-corrected chi connectivity index (χ3v) is 6.00. The van der Waals surface area contributed by atoms with Gasteiger partial charge < -0.3 is 15.2 Å². The molecule has 0 unspecified atom stereocenters. The zero-order valence-corrected chi connectivity index (χ0v) is 15.3. The average Bonchev–Trinajstić information content (AvgIpc) is 3.16.